The first kappa shape index (κ1) is 14.9. The molecule has 108 valence electrons. The van der Waals surface area contributed by atoms with Gasteiger partial charge in [-0.15, -0.1) is 0 Å². The van der Waals surface area contributed by atoms with Crippen molar-refractivity contribution in [3.8, 4) is 11.8 Å². The Bertz CT molecular complexity index is 689. The van der Waals surface area contributed by atoms with Crippen molar-refractivity contribution in [3.05, 3.63) is 65.0 Å². The van der Waals surface area contributed by atoms with Gasteiger partial charge in [-0.05, 0) is 36.4 Å². The molecule has 2 aromatic rings. The number of alkyl halides is 3. The van der Waals surface area contributed by atoms with Gasteiger partial charge in [-0.1, -0.05) is 6.07 Å². The summed E-state index contributed by atoms with van der Waals surface area (Å²) >= 11 is 0. The van der Waals surface area contributed by atoms with Crippen LogP contribution in [-0.4, -0.2) is 0 Å². The van der Waals surface area contributed by atoms with E-state index in [0.717, 1.165) is 24.3 Å². The van der Waals surface area contributed by atoms with Crippen LogP contribution in [-0.2, 0) is 12.8 Å². The Morgan fingerprint density at radius 2 is 1.86 bits per heavy atom. The van der Waals surface area contributed by atoms with E-state index in [1.165, 1.54) is 18.2 Å². The minimum absolute atomic E-state index is 0.00187. The standard InChI is InChI=1S/C15H9F4NO/c16-13-5-4-10(8-20)11(6-13)9-21-14-3-1-2-12(7-14)15(17,18)19/h1-7H,9H2. The van der Waals surface area contributed by atoms with E-state index in [2.05, 4.69) is 0 Å². The van der Waals surface area contributed by atoms with Gasteiger partial charge in [0.1, 0.15) is 18.2 Å². The van der Waals surface area contributed by atoms with Crippen molar-refractivity contribution >= 4 is 0 Å². The summed E-state index contributed by atoms with van der Waals surface area (Å²) in [7, 11) is 0. The van der Waals surface area contributed by atoms with E-state index in [1.54, 1.807) is 0 Å². The van der Waals surface area contributed by atoms with Crippen LogP contribution in [0.25, 0.3) is 0 Å². The highest BCUT2D eigenvalue weighted by atomic mass is 19.4. The van der Waals surface area contributed by atoms with Crippen molar-refractivity contribution in [2.75, 3.05) is 0 Å². The highest BCUT2D eigenvalue weighted by Gasteiger charge is 2.30. The van der Waals surface area contributed by atoms with Crippen LogP contribution in [0.2, 0.25) is 0 Å². The molecule has 6 heteroatoms. The molecule has 0 heterocycles. The molecule has 0 atom stereocenters. The van der Waals surface area contributed by atoms with Crippen LogP contribution in [0, 0.1) is 17.1 Å². The number of nitriles is 1. The molecule has 0 aliphatic heterocycles. The third-order valence-electron chi connectivity index (χ3n) is 2.74. The van der Waals surface area contributed by atoms with Crippen molar-refractivity contribution in [1.29, 1.82) is 5.26 Å². The summed E-state index contributed by atoms with van der Waals surface area (Å²) in [6, 6.07) is 9.77. The Morgan fingerprint density at radius 3 is 2.52 bits per heavy atom. The molecule has 2 aromatic carbocycles. The van der Waals surface area contributed by atoms with Gasteiger partial charge in [-0.25, -0.2) is 4.39 Å². The molecule has 0 N–H and O–H groups in total. The summed E-state index contributed by atoms with van der Waals surface area (Å²) in [5.74, 6) is -0.547. The van der Waals surface area contributed by atoms with Crippen LogP contribution in [0.1, 0.15) is 16.7 Å². The zero-order chi connectivity index (χ0) is 15.5. The summed E-state index contributed by atoms with van der Waals surface area (Å²) in [6.45, 7) is -0.192. The molecule has 0 radical (unpaired) electrons. The first-order valence-corrected chi connectivity index (χ1v) is 5.89. The second-order valence-corrected chi connectivity index (χ2v) is 4.23. The molecule has 0 saturated heterocycles. The zero-order valence-corrected chi connectivity index (χ0v) is 10.6. The van der Waals surface area contributed by atoms with Crippen molar-refractivity contribution in [2.45, 2.75) is 12.8 Å². The van der Waals surface area contributed by atoms with Gasteiger partial charge < -0.3 is 4.74 Å². The number of rotatable bonds is 3. The van der Waals surface area contributed by atoms with Gasteiger partial charge in [0.05, 0.1) is 17.2 Å². The first-order chi connectivity index (χ1) is 9.90. The van der Waals surface area contributed by atoms with E-state index >= 15 is 0 Å². The molecule has 0 aliphatic rings. The molecule has 0 fully saturated rings. The molecule has 2 nitrogen and oxygen atoms in total. The van der Waals surface area contributed by atoms with Crippen molar-refractivity contribution < 1.29 is 22.3 Å². The fourth-order valence-electron chi connectivity index (χ4n) is 1.71. The first-order valence-electron chi connectivity index (χ1n) is 5.89. The molecule has 0 amide bonds. The number of hydrogen-bond donors (Lipinski definition) is 0. The van der Waals surface area contributed by atoms with Crippen molar-refractivity contribution in [3.63, 3.8) is 0 Å². The Hall–Kier alpha value is -2.55. The molecule has 21 heavy (non-hydrogen) atoms. The van der Waals surface area contributed by atoms with Crippen molar-refractivity contribution in [2.24, 2.45) is 0 Å². The van der Waals surface area contributed by atoms with Gasteiger partial charge >= 0.3 is 6.18 Å². The monoisotopic (exact) mass is 295 g/mol. The molecule has 0 saturated carbocycles. The van der Waals surface area contributed by atoms with Crippen LogP contribution in [0.15, 0.2) is 42.5 Å². The Labute approximate surface area is 118 Å². The van der Waals surface area contributed by atoms with E-state index in [4.69, 9.17) is 10.00 Å². The Kier molecular flexibility index (Phi) is 4.13. The smallest absolute Gasteiger partial charge is 0.416 e. The lowest BCUT2D eigenvalue weighted by atomic mass is 10.1. The van der Waals surface area contributed by atoms with E-state index in [1.807, 2.05) is 6.07 Å². The zero-order valence-electron chi connectivity index (χ0n) is 10.6. The lowest BCUT2D eigenvalue weighted by Gasteiger charge is -2.11. The second kappa shape index (κ2) is 5.83. The predicted octanol–water partition coefficient (Wildman–Crippen LogP) is 4.30. The normalized spacial score (nSPS) is 11.0. The fraction of sp³-hybridized carbons (Fsp3) is 0.133. The minimum atomic E-state index is -4.46. The SMILES string of the molecule is N#Cc1ccc(F)cc1COc1cccc(C(F)(F)F)c1. The molecule has 0 aliphatic carbocycles. The van der Waals surface area contributed by atoms with Gasteiger partial charge in [0.25, 0.3) is 0 Å². The van der Waals surface area contributed by atoms with Crippen molar-refractivity contribution in [1.82, 2.24) is 0 Å². The van der Waals surface area contributed by atoms with E-state index in [0.29, 0.717) is 0 Å². The topological polar surface area (TPSA) is 33.0 Å². The third-order valence-corrected chi connectivity index (χ3v) is 2.74. The summed E-state index contributed by atoms with van der Waals surface area (Å²) in [5.41, 5.74) is -0.349. The number of hydrogen-bond acceptors (Lipinski definition) is 2. The molecule has 0 spiro atoms. The molecular formula is C15H9F4NO. The summed E-state index contributed by atoms with van der Waals surface area (Å²) in [6.07, 6.45) is -4.46. The lowest BCUT2D eigenvalue weighted by Crippen LogP contribution is -2.05. The average molecular weight is 295 g/mol. The van der Waals surface area contributed by atoms with Crippen LogP contribution in [0.5, 0.6) is 5.75 Å². The number of nitrogens with zero attached hydrogens (tertiary/aromatic N) is 1. The predicted molar refractivity (Wildman–Crippen MR) is 66.9 cm³/mol. The molecule has 0 bridgehead atoms. The summed E-state index contributed by atoms with van der Waals surface area (Å²) in [4.78, 5) is 0. The van der Waals surface area contributed by atoms with Gasteiger partial charge in [0.2, 0.25) is 0 Å². The maximum atomic E-state index is 13.1. The van der Waals surface area contributed by atoms with Crippen LogP contribution < -0.4 is 4.74 Å². The van der Waals surface area contributed by atoms with E-state index in [-0.39, 0.29) is 23.5 Å². The highest BCUT2D eigenvalue weighted by Crippen LogP contribution is 2.31. The largest absolute Gasteiger partial charge is 0.489 e. The Balaban J connectivity index is 2.18. The average Bonchev–Trinajstić information content (AvgIpc) is 2.45. The van der Waals surface area contributed by atoms with E-state index in [9.17, 15) is 17.6 Å². The fourth-order valence-corrected chi connectivity index (χ4v) is 1.71. The van der Waals surface area contributed by atoms with Crippen LogP contribution >= 0.6 is 0 Å². The maximum Gasteiger partial charge on any atom is 0.416 e. The van der Waals surface area contributed by atoms with Gasteiger partial charge in [-0.2, -0.15) is 18.4 Å². The third kappa shape index (κ3) is 3.72. The molecule has 0 aromatic heterocycles. The van der Waals surface area contributed by atoms with Crippen LogP contribution in [0.3, 0.4) is 0 Å². The lowest BCUT2D eigenvalue weighted by molar-refractivity contribution is -0.137. The number of benzene rings is 2. The quantitative estimate of drug-likeness (QED) is 0.791. The van der Waals surface area contributed by atoms with Gasteiger partial charge in [0, 0.05) is 5.56 Å². The maximum absolute atomic E-state index is 13.1. The second-order valence-electron chi connectivity index (χ2n) is 4.23. The molecule has 2 rings (SSSR count). The summed E-state index contributed by atoms with van der Waals surface area (Å²) in [5, 5.41) is 8.88. The van der Waals surface area contributed by atoms with E-state index < -0.39 is 17.6 Å². The molecule has 0 unspecified atom stereocenters. The van der Waals surface area contributed by atoms with Gasteiger partial charge in [0.15, 0.2) is 0 Å². The highest BCUT2D eigenvalue weighted by molar-refractivity contribution is 5.38. The van der Waals surface area contributed by atoms with Gasteiger partial charge in [-0.3, -0.25) is 0 Å². The Morgan fingerprint density at radius 1 is 1.10 bits per heavy atom. The number of halogens is 4. The van der Waals surface area contributed by atoms with Crippen LogP contribution in [0.4, 0.5) is 17.6 Å². The number of ether oxygens (including phenoxy) is 1. The summed E-state index contributed by atoms with van der Waals surface area (Å²) < 4.78 is 56.0. The minimum Gasteiger partial charge on any atom is -0.489 e. The molecular weight excluding hydrogens is 286 g/mol.